The zero-order valence-electron chi connectivity index (χ0n) is 15.7. The molecule has 0 atom stereocenters. The first kappa shape index (κ1) is 21.1. The van der Waals surface area contributed by atoms with Crippen LogP contribution in [-0.4, -0.2) is 33.5 Å². The van der Waals surface area contributed by atoms with Crippen molar-refractivity contribution in [3.63, 3.8) is 0 Å². The molecule has 0 spiro atoms. The van der Waals surface area contributed by atoms with Crippen LogP contribution in [0.5, 0.6) is 11.5 Å². The first-order valence-electron chi connectivity index (χ1n) is 8.49. The van der Waals surface area contributed by atoms with Crippen LogP contribution in [0.4, 0.5) is 10.1 Å². The van der Waals surface area contributed by atoms with Gasteiger partial charge in [0.25, 0.3) is 0 Å². The van der Waals surface area contributed by atoms with Crippen molar-refractivity contribution >= 4 is 39.3 Å². The molecule has 0 aliphatic carbocycles. The van der Waals surface area contributed by atoms with Gasteiger partial charge in [-0.25, -0.2) is 4.39 Å². The van der Waals surface area contributed by atoms with E-state index in [2.05, 4.69) is 31.4 Å². The number of hydrogen-bond acceptors (Lipinski definition) is 6. The number of aromatic nitrogens is 3. The Bertz CT molecular complexity index is 998. The molecule has 10 heteroatoms. The molecule has 0 bridgehead atoms. The number of amides is 1. The van der Waals surface area contributed by atoms with E-state index >= 15 is 0 Å². The van der Waals surface area contributed by atoms with Crippen molar-refractivity contribution in [1.29, 1.82) is 0 Å². The molecule has 2 aromatic carbocycles. The molecule has 1 N–H and O–H groups in total. The summed E-state index contributed by atoms with van der Waals surface area (Å²) in [5.74, 6) is 1.27. The van der Waals surface area contributed by atoms with Crippen molar-refractivity contribution in [2.75, 3.05) is 18.2 Å². The standard InChI is InChI=1S/C19H18BrFN4O3S/c1-25-17(10-28-14-6-4-13(27-2)5-7-14)23-24-19(25)29-11-18(26)22-16-8-3-12(20)9-15(16)21/h3-9H,10-11H2,1-2H3,(H,22,26). The minimum atomic E-state index is -0.505. The minimum absolute atomic E-state index is 0.0703. The van der Waals surface area contributed by atoms with Gasteiger partial charge in [0.05, 0.1) is 18.6 Å². The van der Waals surface area contributed by atoms with E-state index in [4.69, 9.17) is 9.47 Å². The molecule has 0 radical (unpaired) electrons. The van der Waals surface area contributed by atoms with Crippen molar-refractivity contribution < 1.29 is 18.7 Å². The van der Waals surface area contributed by atoms with Gasteiger partial charge in [-0.1, -0.05) is 27.7 Å². The highest BCUT2D eigenvalue weighted by atomic mass is 79.9. The molecular formula is C19H18BrFN4O3S. The molecule has 1 amide bonds. The lowest BCUT2D eigenvalue weighted by atomic mass is 10.3. The molecule has 1 heterocycles. The zero-order valence-corrected chi connectivity index (χ0v) is 18.1. The molecule has 0 aliphatic heterocycles. The number of nitrogens with one attached hydrogen (secondary N) is 1. The molecule has 29 heavy (non-hydrogen) atoms. The molecule has 3 rings (SSSR count). The van der Waals surface area contributed by atoms with E-state index in [1.807, 2.05) is 0 Å². The lowest BCUT2D eigenvalue weighted by Gasteiger charge is -2.08. The highest BCUT2D eigenvalue weighted by Gasteiger charge is 2.13. The monoisotopic (exact) mass is 480 g/mol. The smallest absolute Gasteiger partial charge is 0.234 e. The summed E-state index contributed by atoms with van der Waals surface area (Å²) in [5, 5.41) is 11.3. The van der Waals surface area contributed by atoms with E-state index in [0.29, 0.717) is 21.2 Å². The average molecular weight is 481 g/mol. The van der Waals surface area contributed by atoms with Gasteiger partial charge in [0, 0.05) is 11.5 Å². The summed E-state index contributed by atoms with van der Waals surface area (Å²) in [6, 6.07) is 11.7. The predicted molar refractivity (Wildman–Crippen MR) is 112 cm³/mol. The topological polar surface area (TPSA) is 78.3 Å². The average Bonchev–Trinajstić information content (AvgIpc) is 3.07. The first-order chi connectivity index (χ1) is 14.0. The second-order valence-corrected chi connectivity index (χ2v) is 7.74. The van der Waals surface area contributed by atoms with Crippen LogP contribution in [0.3, 0.4) is 0 Å². The van der Waals surface area contributed by atoms with E-state index in [9.17, 15) is 9.18 Å². The second kappa shape index (κ2) is 9.75. The van der Waals surface area contributed by atoms with Crippen molar-refractivity contribution in [3.05, 3.63) is 58.6 Å². The van der Waals surface area contributed by atoms with Gasteiger partial charge < -0.3 is 19.4 Å². The Labute approximate surface area is 179 Å². The third-order valence-corrected chi connectivity index (χ3v) is 5.40. The lowest BCUT2D eigenvalue weighted by Crippen LogP contribution is -2.15. The molecule has 0 fully saturated rings. The van der Waals surface area contributed by atoms with Crippen molar-refractivity contribution in [2.24, 2.45) is 7.05 Å². The third kappa shape index (κ3) is 5.70. The number of hydrogen-bond donors (Lipinski definition) is 1. The maximum atomic E-state index is 13.8. The van der Waals surface area contributed by atoms with Gasteiger partial charge in [0.2, 0.25) is 5.91 Å². The van der Waals surface area contributed by atoms with Crippen LogP contribution in [0.1, 0.15) is 5.82 Å². The number of halogens is 2. The predicted octanol–water partition coefficient (Wildman–Crippen LogP) is 4.04. The first-order valence-corrected chi connectivity index (χ1v) is 10.3. The van der Waals surface area contributed by atoms with Gasteiger partial charge in [-0.3, -0.25) is 4.79 Å². The van der Waals surface area contributed by atoms with Crippen molar-refractivity contribution in [2.45, 2.75) is 11.8 Å². The largest absolute Gasteiger partial charge is 0.497 e. The van der Waals surface area contributed by atoms with Crippen molar-refractivity contribution in [1.82, 2.24) is 14.8 Å². The Kier molecular flexibility index (Phi) is 7.10. The summed E-state index contributed by atoms with van der Waals surface area (Å²) in [7, 11) is 3.39. The van der Waals surface area contributed by atoms with Crippen LogP contribution in [0.2, 0.25) is 0 Å². The summed E-state index contributed by atoms with van der Waals surface area (Å²) in [4.78, 5) is 12.1. The normalized spacial score (nSPS) is 10.6. The number of anilines is 1. The van der Waals surface area contributed by atoms with E-state index in [-0.39, 0.29) is 24.0 Å². The lowest BCUT2D eigenvalue weighted by molar-refractivity contribution is -0.113. The fraction of sp³-hybridized carbons (Fsp3) is 0.211. The number of thioether (sulfide) groups is 1. The highest BCUT2D eigenvalue weighted by Crippen LogP contribution is 2.22. The quantitative estimate of drug-likeness (QED) is 0.490. The number of carbonyl (C=O) groups excluding carboxylic acids is 1. The number of nitrogens with zero attached hydrogens (tertiary/aromatic N) is 3. The molecule has 152 valence electrons. The summed E-state index contributed by atoms with van der Waals surface area (Å²) >= 11 is 4.38. The summed E-state index contributed by atoms with van der Waals surface area (Å²) in [5.41, 5.74) is 0.130. The molecule has 3 aromatic rings. The van der Waals surface area contributed by atoms with E-state index < -0.39 is 5.82 Å². The molecule has 0 aliphatic rings. The summed E-state index contributed by atoms with van der Waals surface area (Å²) in [6.45, 7) is 0.229. The molecule has 1 aromatic heterocycles. The molecule has 7 nitrogen and oxygen atoms in total. The summed E-state index contributed by atoms with van der Waals surface area (Å²) in [6.07, 6.45) is 0. The van der Waals surface area contributed by atoms with Gasteiger partial charge in [0.15, 0.2) is 11.0 Å². The molecule has 0 saturated carbocycles. The highest BCUT2D eigenvalue weighted by molar-refractivity contribution is 9.10. The zero-order chi connectivity index (χ0) is 20.8. The number of methoxy groups -OCH3 is 1. The second-order valence-electron chi connectivity index (χ2n) is 5.88. The van der Waals surface area contributed by atoms with Crippen LogP contribution in [0, 0.1) is 5.82 Å². The number of ether oxygens (including phenoxy) is 2. The van der Waals surface area contributed by atoms with Crippen molar-refractivity contribution in [3.8, 4) is 11.5 Å². The van der Waals surface area contributed by atoms with Gasteiger partial charge in [-0.05, 0) is 42.5 Å². The maximum Gasteiger partial charge on any atom is 0.234 e. The van der Waals surface area contributed by atoms with E-state index in [0.717, 1.165) is 5.75 Å². The number of rotatable bonds is 8. The van der Waals surface area contributed by atoms with Gasteiger partial charge >= 0.3 is 0 Å². The van der Waals surface area contributed by atoms with Crippen LogP contribution in [-0.2, 0) is 18.4 Å². The van der Waals surface area contributed by atoms with Gasteiger partial charge in [-0.2, -0.15) is 0 Å². The fourth-order valence-electron chi connectivity index (χ4n) is 2.32. The molecule has 0 saturated heterocycles. The SMILES string of the molecule is COc1ccc(OCc2nnc(SCC(=O)Nc3ccc(Br)cc3F)n2C)cc1. The van der Waals surface area contributed by atoms with Gasteiger partial charge in [0.1, 0.15) is 23.9 Å². The van der Waals surface area contributed by atoms with E-state index in [1.165, 1.54) is 23.9 Å². The fourth-order valence-corrected chi connectivity index (χ4v) is 3.39. The number of benzene rings is 2. The molecule has 0 unspecified atom stereocenters. The Morgan fingerprint density at radius 3 is 2.62 bits per heavy atom. The van der Waals surface area contributed by atoms with Crippen LogP contribution >= 0.6 is 27.7 Å². The summed E-state index contributed by atoms with van der Waals surface area (Å²) < 4.78 is 27.0. The molecular weight excluding hydrogens is 463 g/mol. The Balaban J connectivity index is 1.52. The Morgan fingerprint density at radius 2 is 1.93 bits per heavy atom. The van der Waals surface area contributed by atoms with Crippen LogP contribution < -0.4 is 14.8 Å². The van der Waals surface area contributed by atoms with Crippen LogP contribution in [0.25, 0.3) is 0 Å². The van der Waals surface area contributed by atoms with E-state index in [1.54, 1.807) is 49.1 Å². The van der Waals surface area contributed by atoms with Gasteiger partial charge in [-0.15, -0.1) is 10.2 Å². The Morgan fingerprint density at radius 1 is 1.21 bits per heavy atom. The minimum Gasteiger partial charge on any atom is -0.497 e. The maximum absolute atomic E-state index is 13.8. The Hall–Kier alpha value is -2.59. The van der Waals surface area contributed by atoms with Crippen LogP contribution in [0.15, 0.2) is 52.1 Å². The third-order valence-electron chi connectivity index (χ3n) is 3.89. The number of carbonyl (C=O) groups is 1.